The van der Waals surface area contributed by atoms with E-state index in [0.717, 1.165) is 0 Å². The summed E-state index contributed by atoms with van der Waals surface area (Å²) in [5, 5.41) is 5.63. The van der Waals surface area contributed by atoms with Crippen LogP contribution in [-0.2, 0) is 14.1 Å². The summed E-state index contributed by atoms with van der Waals surface area (Å²) in [6, 6.07) is 12.1. The van der Waals surface area contributed by atoms with Gasteiger partial charge in [0.2, 0.25) is 5.52 Å². The largest absolute Gasteiger partial charge is 0.350 e. The minimum absolute atomic E-state index is 0.591. The second-order valence-electron chi connectivity index (χ2n) is 10.6. The summed E-state index contributed by atoms with van der Waals surface area (Å²) in [7, 11) is 4.36. The van der Waals surface area contributed by atoms with E-state index in [9.17, 15) is 0 Å². The van der Waals surface area contributed by atoms with Crippen LogP contribution in [0.5, 0.6) is 0 Å². The average Bonchev–Trinajstić information content (AvgIpc) is 3.21. The number of hydrogen-bond acceptors (Lipinski definition) is 1. The highest BCUT2D eigenvalue weighted by Crippen LogP contribution is 2.48. The van der Waals surface area contributed by atoms with E-state index in [-0.39, 0.29) is 0 Å². The molecule has 3 aromatic heterocycles. The van der Waals surface area contributed by atoms with Crippen LogP contribution >= 0.6 is 11.3 Å². The Morgan fingerprint density at radius 2 is 1.76 bits per heavy atom. The van der Waals surface area contributed by atoms with Gasteiger partial charge in [-0.2, -0.15) is 0 Å². The van der Waals surface area contributed by atoms with Crippen molar-refractivity contribution < 1.29 is 4.57 Å². The lowest BCUT2D eigenvalue weighted by Gasteiger charge is -2.39. The molecule has 0 saturated heterocycles. The number of aromatic nitrogens is 2. The third kappa shape index (κ3) is 3.08. The molecule has 170 valence electrons. The fourth-order valence-electron chi connectivity index (χ4n) is 6.67. The molecule has 2 nitrogen and oxygen atoms in total. The Bertz CT molecular complexity index is 1520. The summed E-state index contributed by atoms with van der Waals surface area (Å²) in [6.45, 7) is 7.09. The molecule has 0 radical (unpaired) electrons. The van der Waals surface area contributed by atoms with Gasteiger partial charge in [-0.25, -0.2) is 4.57 Å². The van der Waals surface area contributed by atoms with E-state index in [1.54, 1.807) is 5.56 Å². The molecule has 6 rings (SSSR count). The molecule has 3 heteroatoms. The van der Waals surface area contributed by atoms with Gasteiger partial charge in [-0.3, -0.25) is 0 Å². The number of fused-ring (bicyclic) bond motifs is 3. The van der Waals surface area contributed by atoms with Gasteiger partial charge in [0.25, 0.3) is 0 Å². The number of rotatable bonds is 3. The van der Waals surface area contributed by atoms with Crippen LogP contribution in [0, 0.1) is 12.3 Å². The quantitative estimate of drug-likeness (QED) is 0.147. The predicted molar refractivity (Wildman–Crippen MR) is 143 cm³/mol. The molecule has 2 aromatic carbocycles. The van der Waals surface area contributed by atoms with Crippen molar-refractivity contribution in [3.8, 4) is 0 Å². The van der Waals surface area contributed by atoms with E-state index >= 15 is 0 Å². The lowest BCUT2D eigenvalue weighted by Crippen LogP contribution is -2.25. The van der Waals surface area contributed by atoms with Crippen molar-refractivity contribution in [1.82, 2.24) is 4.57 Å². The Labute approximate surface area is 200 Å². The van der Waals surface area contributed by atoms with E-state index in [4.69, 9.17) is 0 Å². The molecular formula is C30H35N2S+. The first-order valence-corrected chi connectivity index (χ1v) is 13.5. The number of benzene rings is 2. The van der Waals surface area contributed by atoms with Crippen molar-refractivity contribution in [1.29, 1.82) is 0 Å². The van der Waals surface area contributed by atoms with Crippen LogP contribution in [-0.4, -0.2) is 4.57 Å². The second-order valence-corrected chi connectivity index (χ2v) is 11.7. The summed E-state index contributed by atoms with van der Waals surface area (Å²) >= 11 is 1.99. The Morgan fingerprint density at radius 3 is 2.48 bits per heavy atom. The van der Waals surface area contributed by atoms with Crippen LogP contribution in [0.2, 0.25) is 0 Å². The monoisotopic (exact) mass is 455 g/mol. The minimum Gasteiger partial charge on any atom is -0.350 e. The maximum atomic E-state index is 2.54. The highest BCUT2D eigenvalue weighted by molar-refractivity contribution is 7.25. The van der Waals surface area contributed by atoms with Gasteiger partial charge in [0.15, 0.2) is 6.20 Å². The third-order valence-electron chi connectivity index (χ3n) is 9.11. The number of hydrogen-bond donors (Lipinski definition) is 0. The molecule has 0 aliphatic heterocycles. The molecule has 0 unspecified atom stereocenters. The minimum atomic E-state index is 0.591. The predicted octanol–water partition coefficient (Wildman–Crippen LogP) is 8.30. The molecule has 0 atom stereocenters. The first kappa shape index (κ1) is 21.2. The van der Waals surface area contributed by atoms with E-state index in [1.165, 1.54) is 86.1 Å². The van der Waals surface area contributed by atoms with E-state index in [1.807, 2.05) is 11.3 Å². The van der Waals surface area contributed by atoms with Gasteiger partial charge in [0.1, 0.15) is 7.05 Å². The highest BCUT2D eigenvalue weighted by atomic mass is 32.1. The maximum absolute atomic E-state index is 2.54. The van der Waals surface area contributed by atoms with Crippen molar-refractivity contribution in [2.45, 2.75) is 65.2 Å². The molecule has 5 aromatic rings. The molecule has 0 spiro atoms. The zero-order chi connectivity index (χ0) is 22.9. The van der Waals surface area contributed by atoms with Crippen LogP contribution in [0.25, 0.3) is 42.0 Å². The molecule has 0 bridgehead atoms. The van der Waals surface area contributed by atoms with Crippen LogP contribution in [0.3, 0.4) is 0 Å². The normalized spacial score (nSPS) is 17.1. The zero-order valence-corrected chi connectivity index (χ0v) is 21.5. The van der Waals surface area contributed by atoms with Crippen molar-refractivity contribution in [3.05, 3.63) is 53.9 Å². The standard InChI is InChI=1S/C30H35N2S/c1-6-30(7-2)12-8-20(9-13-30)22-16-21-10-14-32(5)29-27-19(3)23-11-15-31(4)24(23)18-26(27)33-25(17-22)28(21)29/h10-11,14-18,20H,6-9,12-13H2,1-5H3/q+1. The van der Waals surface area contributed by atoms with Crippen LogP contribution in [0.15, 0.2) is 42.7 Å². The van der Waals surface area contributed by atoms with Crippen LogP contribution in [0.4, 0.5) is 0 Å². The molecule has 1 aliphatic rings. The van der Waals surface area contributed by atoms with Crippen molar-refractivity contribution in [2.24, 2.45) is 19.5 Å². The summed E-state index contributed by atoms with van der Waals surface area (Å²) in [5.74, 6) is 0.702. The topological polar surface area (TPSA) is 8.81 Å². The zero-order valence-electron chi connectivity index (χ0n) is 20.7. The summed E-state index contributed by atoms with van der Waals surface area (Å²) in [4.78, 5) is 0. The Hall–Kier alpha value is -2.39. The van der Waals surface area contributed by atoms with E-state index < -0.39 is 0 Å². The van der Waals surface area contributed by atoms with Crippen molar-refractivity contribution >= 4 is 53.3 Å². The van der Waals surface area contributed by atoms with Gasteiger partial charge in [0.05, 0.1) is 10.9 Å². The fourth-order valence-corrected chi connectivity index (χ4v) is 7.94. The lowest BCUT2D eigenvalue weighted by molar-refractivity contribution is -0.642. The van der Waals surface area contributed by atoms with Gasteiger partial charge in [-0.15, -0.1) is 11.3 Å². The number of pyridine rings is 1. The average molecular weight is 456 g/mol. The van der Waals surface area contributed by atoms with Crippen molar-refractivity contribution in [3.63, 3.8) is 0 Å². The van der Waals surface area contributed by atoms with Gasteiger partial charge in [0, 0.05) is 45.5 Å². The number of aryl methyl sites for hydroxylation is 3. The second kappa shape index (κ2) is 7.56. The molecular weight excluding hydrogens is 420 g/mol. The summed E-state index contributed by atoms with van der Waals surface area (Å²) in [5.41, 5.74) is 6.26. The van der Waals surface area contributed by atoms with Gasteiger partial charge in [-0.05, 0) is 72.6 Å². The molecule has 0 N–H and O–H groups in total. The van der Waals surface area contributed by atoms with Crippen LogP contribution < -0.4 is 4.57 Å². The lowest BCUT2D eigenvalue weighted by atomic mass is 9.66. The molecule has 1 saturated carbocycles. The first-order chi connectivity index (χ1) is 15.9. The van der Waals surface area contributed by atoms with Gasteiger partial charge >= 0.3 is 0 Å². The van der Waals surface area contributed by atoms with E-state index in [2.05, 4.69) is 86.7 Å². The third-order valence-corrected chi connectivity index (χ3v) is 10.2. The van der Waals surface area contributed by atoms with Gasteiger partial charge in [-0.1, -0.05) is 32.8 Å². The van der Waals surface area contributed by atoms with Crippen molar-refractivity contribution in [2.75, 3.05) is 0 Å². The van der Waals surface area contributed by atoms with Gasteiger partial charge < -0.3 is 4.57 Å². The van der Waals surface area contributed by atoms with E-state index in [0.29, 0.717) is 11.3 Å². The molecule has 33 heavy (non-hydrogen) atoms. The first-order valence-electron chi connectivity index (χ1n) is 12.7. The fraction of sp³-hybridized carbons (Fsp3) is 0.433. The molecule has 1 fully saturated rings. The number of nitrogens with zero attached hydrogens (tertiary/aromatic N) is 2. The summed E-state index contributed by atoms with van der Waals surface area (Å²) in [6.07, 6.45) is 12.6. The summed E-state index contributed by atoms with van der Waals surface area (Å²) < 4.78 is 7.43. The highest BCUT2D eigenvalue weighted by Gasteiger charge is 2.33. The molecule has 1 aliphatic carbocycles. The van der Waals surface area contributed by atoms with Crippen LogP contribution in [0.1, 0.15) is 69.4 Å². The SMILES string of the molecule is CCC1(CC)CCC(c2cc3ccn(C)c4c5c(C)c6cc[n+](C)c6cc5sc(c2)c34)CC1. The molecule has 0 amide bonds. The smallest absolute Gasteiger partial charge is 0.214 e. The Morgan fingerprint density at radius 1 is 1.03 bits per heavy atom. The Balaban J connectivity index is 1.58. The maximum Gasteiger partial charge on any atom is 0.214 e. The Kier molecular flexibility index (Phi) is 4.85. The molecule has 3 heterocycles.